The van der Waals surface area contributed by atoms with E-state index in [4.69, 9.17) is 30.5 Å². The van der Waals surface area contributed by atoms with Crippen molar-refractivity contribution in [1.82, 2.24) is 19.5 Å². The molecule has 1 N–H and O–H groups in total. The zero-order valence-electron chi connectivity index (χ0n) is 33.3. The summed E-state index contributed by atoms with van der Waals surface area (Å²) in [4.78, 5) is 34.6. The molecule has 58 heavy (non-hydrogen) atoms. The Kier molecular flexibility index (Phi) is 13.0. The maximum absolute atomic E-state index is 15.1. The topological polar surface area (TPSA) is 146 Å². The Morgan fingerprint density at radius 2 is 1.81 bits per heavy atom. The third kappa shape index (κ3) is 9.67. The molecule has 1 fully saturated rings. The molecular formula is C43H51ClN6O7S. The number of nitrogens with one attached hydrogen (secondary N) is 1. The van der Waals surface area contributed by atoms with Gasteiger partial charge in [0.25, 0.3) is 11.8 Å². The molecule has 2 aliphatic heterocycles. The van der Waals surface area contributed by atoms with Gasteiger partial charge in [0.1, 0.15) is 33.1 Å². The van der Waals surface area contributed by atoms with E-state index in [0.29, 0.717) is 31.2 Å². The van der Waals surface area contributed by atoms with Crippen LogP contribution in [0.1, 0.15) is 64.4 Å². The average Bonchev–Trinajstić information content (AvgIpc) is 3.59. The van der Waals surface area contributed by atoms with Gasteiger partial charge in [-0.1, -0.05) is 30.7 Å². The van der Waals surface area contributed by atoms with Crippen molar-refractivity contribution in [2.45, 2.75) is 57.7 Å². The maximum Gasteiger partial charge on any atom is 0.286 e. The summed E-state index contributed by atoms with van der Waals surface area (Å²) >= 11 is 6.46. The molecular weight excluding hydrogens is 780 g/mol. The summed E-state index contributed by atoms with van der Waals surface area (Å²) in [5.41, 5.74) is 3.50. The summed E-state index contributed by atoms with van der Waals surface area (Å²) < 4.78 is 47.9. The summed E-state index contributed by atoms with van der Waals surface area (Å²) in [7, 11) is 0.939. The first-order chi connectivity index (χ1) is 28.0. The van der Waals surface area contributed by atoms with Gasteiger partial charge in [-0.2, -0.15) is 0 Å². The molecule has 7 rings (SSSR count). The van der Waals surface area contributed by atoms with Crippen LogP contribution in [0, 0.1) is 17.8 Å². The molecule has 2 aromatic heterocycles. The highest BCUT2D eigenvalue weighted by Crippen LogP contribution is 2.42. The van der Waals surface area contributed by atoms with E-state index < -0.39 is 33.8 Å². The zero-order valence-corrected chi connectivity index (χ0v) is 34.9. The van der Waals surface area contributed by atoms with Crippen LogP contribution in [0.4, 0.5) is 5.69 Å². The minimum atomic E-state index is -3.81. The van der Waals surface area contributed by atoms with Crippen molar-refractivity contribution in [3.05, 3.63) is 107 Å². The van der Waals surface area contributed by atoms with E-state index in [-0.39, 0.29) is 40.7 Å². The van der Waals surface area contributed by atoms with Crippen molar-refractivity contribution in [2.24, 2.45) is 29.2 Å². The van der Waals surface area contributed by atoms with Gasteiger partial charge in [0.05, 0.1) is 31.3 Å². The smallest absolute Gasteiger partial charge is 0.286 e. The molecule has 308 valence electrons. The van der Waals surface area contributed by atoms with Crippen LogP contribution in [0.15, 0.2) is 83.6 Å². The highest BCUT2D eigenvalue weighted by molar-refractivity contribution is 7.92. The van der Waals surface area contributed by atoms with E-state index in [1.165, 1.54) is 29.1 Å². The summed E-state index contributed by atoms with van der Waals surface area (Å²) in [5, 5.41) is 4.90. The molecule has 2 aromatic carbocycles. The van der Waals surface area contributed by atoms with Gasteiger partial charge in [0.2, 0.25) is 5.88 Å². The van der Waals surface area contributed by atoms with Crippen molar-refractivity contribution < 1.29 is 32.7 Å². The number of aryl methyl sites for hydroxylation is 2. The number of nitrogens with zero attached hydrogens (tertiary/aromatic N) is 5. The van der Waals surface area contributed by atoms with E-state index in [9.17, 15) is 9.59 Å². The fraction of sp³-hybridized carbons (Fsp3) is 0.442. The number of carbonyl (C=O) groups is 2. The SMILES string of the molecule is COc1nn(C)cc1C(=O)NS1(=O)=NC(=O)c2ccc3c(c2)N(CCc2ccc(Cl)cc2CCCCO3)C[C@@H]2CC[C@H]2[C@@H](OC)/C=C/[C@H](Oc2ccncc2)[C@H](C)C1. The lowest BCUT2D eigenvalue weighted by molar-refractivity contribution is 0.0129. The van der Waals surface area contributed by atoms with Crippen LogP contribution < -0.4 is 23.8 Å². The van der Waals surface area contributed by atoms with E-state index in [1.807, 2.05) is 25.1 Å². The molecule has 0 spiro atoms. The molecule has 2 amide bonds. The number of hydrogen-bond acceptors (Lipinski definition) is 10. The molecule has 1 saturated carbocycles. The molecule has 1 aliphatic carbocycles. The highest BCUT2D eigenvalue weighted by Gasteiger charge is 2.38. The Labute approximate surface area is 345 Å². The first-order valence-corrected chi connectivity index (χ1v) is 21.8. The van der Waals surface area contributed by atoms with Gasteiger partial charge in [-0.25, -0.2) is 4.21 Å². The fourth-order valence-corrected chi connectivity index (χ4v) is 10.1. The molecule has 1 unspecified atom stereocenters. The number of aromatic nitrogens is 3. The summed E-state index contributed by atoms with van der Waals surface area (Å²) in [6.45, 7) is 3.69. The third-order valence-electron chi connectivity index (χ3n) is 11.3. The number of benzene rings is 2. The lowest BCUT2D eigenvalue weighted by atomic mass is 9.70. The van der Waals surface area contributed by atoms with Crippen LogP contribution in [0.5, 0.6) is 17.4 Å². The van der Waals surface area contributed by atoms with Crippen molar-refractivity contribution in [3.63, 3.8) is 0 Å². The molecule has 2 bridgehead atoms. The number of amides is 2. The van der Waals surface area contributed by atoms with Gasteiger partial charge in [-0.15, -0.1) is 9.46 Å². The van der Waals surface area contributed by atoms with Gasteiger partial charge in [-0.05, 0) is 110 Å². The Morgan fingerprint density at radius 1 is 1.00 bits per heavy atom. The number of carbonyl (C=O) groups excluding carboxylic acids is 2. The minimum absolute atomic E-state index is 0.0445. The molecule has 4 heterocycles. The average molecular weight is 831 g/mol. The summed E-state index contributed by atoms with van der Waals surface area (Å²) in [5.74, 6) is -0.471. The minimum Gasteiger partial charge on any atom is -0.491 e. The monoisotopic (exact) mass is 830 g/mol. The lowest BCUT2D eigenvalue weighted by Gasteiger charge is -2.43. The number of rotatable bonds is 6. The number of anilines is 1. The normalized spacial score (nSPS) is 25.8. The second-order valence-corrected chi connectivity index (χ2v) is 17.7. The van der Waals surface area contributed by atoms with Crippen molar-refractivity contribution in [1.29, 1.82) is 0 Å². The Balaban J connectivity index is 1.33. The lowest BCUT2D eigenvalue weighted by Crippen LogP contribution is -2.44. The van der Waals surface area contributed by atoms with Gasteiger partial charge in [0, 0.05) is 62.3 Å². The van der Waals surface area contributed by atoms with Gasteiger partial charge < -0.3 is 23.8 Å². The molecule has 0 radical (unpaired) electrons. The molecule has 15 heteroatoms. The van der Waals surface area contributed by atoms with Gasteiger partial charge in [-0.3, -0.25) is 24.0 Å². The van der Waals surface area contributed by atoms with Crippen molar-refractivity contribution in [2.75, 3.05) is 44.6 Å². The predicted molar refractivity (Wildman–Crippen MR) is 223 cm³/mol. The predicted octanol–water partition coefficient (Wildman–Crippen LogP) is 6.89. The standard InChI is InChI=1S/C43H51ClN6O7S/c1-28-27-58(53,48-42(52)36-26-49(2)46-43(36)55-4)47-41(51)31-10-13-40-37(24-31)50(21-18-29-8-11-33(44)23-30(29)7-5-6-22-56-40)25-32-9-12-35(32)39(54-3)15-14-38(28)57-34-16-19-45-20-17-34/h8,10-11,13-17,19-20,23-24,26,28,32,35,38-39H,5-7,9,12,18,21-22,25,27H2,1-4H3,(H,47,48,51,52,53)/b15-14+/t28-,32+,35-,38+,39+,58?/m1/s1. The Bertz CT molecular complexity index is 2260. The number of ether oxygens (including phenoxy) is 4. The quantitative estimate of drug-likeness (QED) is 0.204. The Morgan fingerprint density at radius 3 is 2.57 bits per heavy atom. The Hall–Kier alpha value is -4.92. The van der Waals surface area contributed by atoms with E-state index in [2.05, 4.69) is 36.2 Å². The zero-order chi connectivity index (χ0) is 40.8. The van der Waals surface area contributed by atoms with Crippen LogP contribution in [-0.2, 0) is 34.5 Å². The van der Waals surface area contributed by atoms with E-state index >= 15 is 4.21 Å². The summed E-state index contributed by atoms with van der Waals surface area (Å²) in [6, 6.07) is 14.8. The van der Waals surface area contributed by atoms with Crippen LogP contribution in [0.3, 0.4) is 0 Å². The van der Waals surface area contributed by atoms with Crippen LogP contribution in [0.2, 0.25) is 5.02 Å². The molecule has 4 aromatic rings. The number of hydrogen-bond donors (Lipinski definition) is 1. The highest BCUT2D eigenvalue weighted by atomic mass is 35.5. The second kappa shape index (κ2) is 18.3. The molecule has 0 saturated heterocycles. The van der Waals surface area contributed by atoms with Gasteiger partial charge in [0.15, 0.2) is 0 Å². The van der Waals surface area contributed by atoms with E-state index in [0.717, 1.165) is 49.2 Å². The first-order valence-electron chi connectivity index (χ1n) is 19.8. The van der Waals surface area contributed by atoms with Crippen LogP contribution >= 0.6 is 11.6 Å². The third-order valence-corrected chi connectivity index (χ3v) is 13.4. The van der Waals surface area contributed by atoms with E-state index in [1.54, 1.807) is 56.9 Å². The maximum atomic E-state index is 15.1. The van der Waals surface area contributed by atoms with Crippen molar-refractivity contribution >= 4 is 39.0 Å². The molecule has 13 nitrogen and oxygen atoms in total. The summed E-state index contributed by atoms with van der Waals surface area (Å²) in [6.07, 6.45) is 13.2. The van der Waals surface area contributed by atoms with Crippen LogP contribution in [0.25, 0.3) is 0 Å². The molecule has 3 aliphatic rings. The van der Waals surface area contributed by atoms with Crippen LogP contribution in [-0.4, -0.2) is 82.7 Å². The fourth-order valence-electron chi connectivity index (χ4n) is 8.04. The molecule has 6 atom stereocenters. The number of halogens is 1. The van der Waals surface area contributed by atoms with Gasteiger partial charge >= 0.3 is 0 Å². The largest absolute Gasteiger partial charge is 0.491 e. The van der Waals surface area contributed by atoms with Crippen molar-refractivity contribution in [3.8, 4) is 17.4 Å². The number of methoxy groups -OCH3 is 2. The number of fused-ring (bicyclic) bond motifs is 3. The second-order valence-electron chi connectivity index (χ2n) is 15.3. The first kappa shape index (κ1) is 41.2. The number of pyridine rings is 1.